The van der Waals surface area contributed by atoms with Gasteiger partial charge in [0.2, 0.25) is 0 Å². The summed E-state index contributed by atoms with van der Waals surface area (Å²) in [5, 5.41) is 11.1. The number of hydrogen-bond donors (Lipinski definition) is 2. The van der Waals surface area contributed by atoms with E-state index in [4.69, 9.17) is 21.1 Å². The van der Waals surface area contributed by atoms with Gasteiger partial charge >= 0.3 is 0 Å². The minimum absolute atomic E-state index is 0.270. The lowest BCUT2D eigenvalue weighted by molar-refractivity contribution is 0.0950. The van der Waals surface area contributed by atoms with Crippen molar-refractivity contribution < 1.29 is 14.3 Å². The molecule has 0 atom stereocenters. The molecule has 0 unspecified atom stereocenters. The number of aromatic amines is 1. The van der Waals surface area contributed by atoms with E-state index in [0.717, 1.165) is 33.0 Å². The van der Waals surface area contributed by atoms with Crippen molar-refractivity contribution in [2.45, 2.75) is 33.3 Å². The van der Waals surface area contributed by atoms with Crippen LogP contribution in [0.4, 0.5) is 0 Å². The monoisotopic (exact) mass is 440 g/mol. The Morgan fingerprint density at radius 3 is 2.74 bits per heavy atom. The third kappa shape index (κ3) is 5.64. The zero-order chi connectivity index (χ0) is 22.4. The van der Waals surface area contributed by atoms with Crippen molar-refractivity contribution in [1.29, 1.82) is 0 Å². The predicted molar refractivity (Wildman–Crippen MR) is 121 cm³/mol. The predicted octanol–water partition coefficient (Wildman–Crippen LogP) is 4.85. The van der Waals surface area contributed by atoms with Crippen molar-refractivity contribution in [3.05, 3.63) is 75.6 Å². The number of aromatic nitrogens is 2. The second kappa shape index (κ2) is 10.1. The maximum atomic E-state index is 11.9. The Morgan fingerprint density at radius 2 is 2.06 bits per heavy atom. The van der Waals surface area contributed by atoms with Crippen molar-refractivity contribution in [3.8, 4) is 11.5 Å². The van der Waals surface area contributed by atoms with Crippen LogP contribution < -0.4 is 14.9 Å². The van der Waals surface area contributed by atoms with Crippen LogP contribution in [0.2, 0.25) is 5.02 Å². The molecule has 162 valence electrons. The summed E-state index contributed by atoms with van der Waals surface area (Å²) >= 11 is 6.29. The van der Waals surface area contributed by atoms with Gasteiger partial charge in [-0.2, -0.15) is 10.2 Å². The normalized spacial score (nSPS) is 11.2. The number of hydrazone groups is 1. The number of carbonyl (C=O) groups excluding carboxylic acids is 1. The topological polar surface area (TPSA) is 88.6 Å². The summed E-state index contributed by atoms with van der Waals surface area (Å²) in [6.45, 7) is 6.47. The number of hydrogen-bond acceptors (Lipinski definition) is 5. The molecule has 2 N–H and O–H groups in total. The van der Waals surface area contributed by atoms with Gasteiger partial charge in [-0.25, -0.2) is 5.43 Å². The number of ether oxygens (including phenoxy) is 2. The van der Waals surface area contributed by atoms with Crippen LogP contribution in [0.15, 0.2) is 47.7 Å². The lowest BCUT2D eigenvalue weighted by atomic mass is 10.0. The first kappa shape index (κ1) is 22.4. The highest BCUT2D eigenvalue weighted by Gasteiger charge is 2.13. The Labute approximate surface area is 186 Å². The summed E-state index contributed by atoms with van der Waals surface area (Å²) in [5.41, 5.74) is 6.45. The standard InChI is InChI=1S/C23H25ClN4O3/c1-14(2)18-11-19(24)15(3)9-22(18)31-13-17-10-16(5-6-21(17)30-4)12-26-28-23(29)20-7-8-25-27-20/h5-12,14H,13H2,1-4H3,(H,25,27)(H,28,29)/b26-12-. The fraction of sp³-hybridized carbons (Fsp3) is 0.261. The van der Waals surface area contributed by atoms with E-state index in [1.807, 2.05) is 37.3 Å². The average Bonchev–Trinajstić information content (AvgIpc) is 3.29. The number of methoxy groups -OCH3 is 1. The van der Waals surface area contributed by atoms with Gasteiger partial charge in [-0.05, 0) is 65.9 Å². The van der Waals surface area contributed by atoms with E-state index in [0.29, 0.717) is 18.1 Å². The highest BCUT2D eigenvalue weighted by Crippen LogP contribution is 2.33. The number of rotatable bonds is 8. The van der Waals surface area contributed by atoms with E-state index in [1.165, 1.54) is 6.20 Å². The molecule has 0 aliphatic rings. The molecule has 8 heteroatoms. The minimum Gasteiger partial charge on any atom is -0.496 e. The molecule has 0 spiro atoms. The van der Waals surface area contributed by atoms with Gasteiger partial charge in [-0.15, -0.1) is 0 Å². The van der Waals surface area contributed by atoms with E-state index < -0.39 is 0 Å². The molecular formula is C23H25ClN4O3. The van der Waals surface area contributed by atoms with Crippen LogP contribution in [0.25, 0.3) is 0 Å². The molecule has 0 saturated carbocycles. The fourth-order valence-electron chi connectivity index (χ4n) is 3.00. The van der Waals surface area contributed by atoms with E-state index in [9.17, 15) is 4.79 Å². The lowest BCUT2D eigenvalue weighted by Gasteiger charge is -2.17. The summed E-state index contributed by atoms with van der Waals surface area (Å²) in [6.07, 6.45) is 3.06. The molecule has 2 aromatic carbocycles. The van der Waals surface area contributed by atoms with Crippen molar-refractivity contribution in [2.75, 3.05) is 7.11 Å². The van der Waals surface area contributed by atoms with Crippen molar-refractivity contribution >= 4 is 23.7 Å². The van der Waals surface area contributed by atoms with Crippen molar-refractivity contribution in [3.63, 3.8) is 0 Å². The number of nitrogens with one attached hydrogen (secondary N) is 2. The molecule has 0 bridgehead atoms. The smallest absolute Gasteiger partial charge is 0.289 e. The summed E-state index contributed by atoms with van der Waals surface area (Å²) in [6, 6.07) is 11.1. The van der Waals surface area contributed by atoms with Crippen molar-refractivity contribution in [1.82, 2.24) is 15.6 Å². The van der Waals surface area contributed by atoms with Crippen LogP contribution >= 0.6 is 11.6 Å². The number of benzene rings is 2. The van der Waals surface area contributed by atoms with Crippen LogP contribution in [-0.2, 0) is 6.61 Å². The lowest BCUT2D eigenvalue weighted by Crippen LogP contribution is -2.18. The fourth-order valence-corrected chi connectivity index (χ4v) is 3.17. The Kier molecular flexibility index (Phi) is 7.31. The number of nitrogens with zero attached hydrogens (tertiary/aromatic N) is 2. The maximum absolute atomic E-state index is 11.9. The SMILES string of the molecule is COc1ccc(/C=N\NC(=O)c2ccn[nH]2)cc1COc1cc(C)c(Cl)cc1C(C)C. The number of amides is 1. The van der Waals surface area contributed by atoms with Crippen molar-refractivity contribution in [2.24, 2.45) is 5.10 Å². The molecule has 0 radical (unpaired) electrons. The summed E-state index contributed by atoms with van der Waals surface area (Å²) in [7, 11) is 1.61. The third-order valence-electron chi connectivity index (χ3n) is 4.73. The molecule has 1 amide bonds. The molecule has 7 nitrogen and oxygen atoms in total. The zero-order valence-corrected chi connectivity index (χ0v) is 18.7. The van der Waals surface area contributed by atoms with Gasteiger partial charge in [0.25, 0.3) is 5.91 Å². The highest BCUT2D eigenvalue weighted by atomic mass is 35.5. The number of carbonyl (C=O) groups is 1. The first-order chi connectivity index (χ1) is 14.9. The Bertz CT molecular complexity index is 1080. The molecule has 0 fully saturated rings. The van der Waals surface area contributed by atoms with E-state index in [1.54, 1.807) is 19.4 Å². The zero-order valence-electron chi connectivity index (χ0n) is 17.9. The third-order valence-corrected chi connectivity index (χ3v) is 5.13. The van der Waals surface area contributed by atoms with Gasteiger partial charge < -0.3 is 9.47 Å². The van der Waals surface area contributed by atoms with Crippen LogP contribution in [0.1, 0.15) is 52.5 Å². The molecular weight excluding hydrogens is 416 g/mol. The summed E-state index contributed by atoms with van der Waals surface area (Å²) in [4.78, 5) is 11.9. The molecule has 3 aromatic rings. The van der Waals surface area contributed by atoms with Gasteiger partial charge in [0, 0.05) is 16.8 Å². The second-order valence-electron chi connectivity index (χ2n) is 7.32. The second-order valence-corrected chi connectivity index (χ2v) is 7.73. The van der Waals surface area contributed by atoms with Gasteiger partial charge in [-0.3, -0.25) is 9.89 Å². The number of aryl methyl sites for hydroxylation is 1. The molecule has 1 aromatic heterocycles. The van der Waals surface area contributed by atoms with E-state index in [2.05, 4.69) is 34.6 Å². The first-order valence-electron chi connectivity index (χ1n) is 9.81. The summed E-state index contributed by atoms with van der Waals surface area (Å²) < 4.78 is 11.6. The highest BCUT2D eigenvalue weighted by molar-refractivity contribution is 6.31. The van der Waals surface area contributed by atoms with Crippen LogP contribution in [0.3, 0.4) is 0 Å². The Morgan fingerprint density at radius 1 is 1.26 bits per heavy atom. The summed E-state index contributed by atoms with van der Waals surface area (Å²) in [5.74, 6) is 1.40. The van der Waals surface area contributed by atoms with Gasteiger partial charge in [-0.1, -0.05) is 25.4 Å². The largest absolute Gasteiger partial charge is 0.496 e. The van der Waals surface area contributed by atoms with Crippen LogP contribution in [-0.4, -0.2) is 29.4 Å². The van der Waals surface area contributed by atoms with Gasteiger partial charge in [0.1, 0.15) is 23.8 Å². The Balaban J connectivity index is 1.75. The molecule has 3 rings (SSSR count). The van der Waals surface area contributed by atoms with Gasteiger partial charge in [0.15, 0.2) is 0 Å². The van der Waals surface area contributed by atoms with Crippen LogP contribution in [0, 0.1) is 6.92 Å². The Hall–Kier alpha value is -3.32. The molecule has 31 heavy (non-hydrogen) atoms. The molecule has 0 aliphatic carbocycles. The number of H-pyrrole nitrogens is 1. The first-order valence-corrected chi connectivity index (χ1v) is 10.2. The molecule has 1 heterocycles. The minimum atomic E-state index is -0.370. The average molecular weight is 441 g/mol. The molecule has 0 saturated heterocycles. The van der Waals surface area contributed by atoms with Crippen LogP contribution in [0.5, 0.6) is 11.5 Å². The quantitative estimate of drug-likeness (QED) is 0.387. The van der Waals surface area contributed by atoms with Gasteiger partial charge in [0.05, 0.1) is 13.3 Å². The maximum Gasteiger partial charge on any atom is 0.289 e. The van der Waals surface area contributed by atoms with E-state index in [-0.39, 0.29) is 11.8 Å². The number of halogens is 1. The van der Waals surface area contributed by atoms with E-state index >= 15 is 0 Å². The molecule has 0 aliphatic heterocycles.